The molecule has 0 aliphatic carbocycles. The topological polar surface area (TPSA) is 98.7 Å². The van der Waals surface area contributed by atoms with Gasteiger partial charge in [-0.05, 0) is 35.6 Å². The summed E-state index contributed by atoms with van der Waals surface area (Å²) >= 11 is 0. The van der Waals surface area contributed by atoms with E-state index in [9.17, 15) is 9.90 Å². The summed E-state index contributed by atoms with van der Waals surface area (Å²) in [6.45, 7) is 19.1. The van der Waals surface area contributed by atoms with Gasteiger partial charge in [0.05, 0.1) is 0 Å². The summed E-state index contributed by atoms with van der Waals surface area (Å²) in [4.78, 5) is 14.8. The molecule has 293 valence electrons. The minimum Gasteiger partial charge on any atom is -0.512 e. The Bertz CT molecular complexity index is 2280. The Hall–Kier alpha value is -5.50. The van der Waals surface area contributed by atoms with Crippen molar-refractivity contribution in [1.82, 2.24) is 30.0 Å². The number of nitrogens with zero attached hydrogens (tertiary/aromatic N) is 6. The Morgan fingerprint density at radius 2 is 0.857 bits per heavy atom. The number of aliphatic hydroxyl groups excluding tert-OH is 1. The van der Waals surface area contributed by atoms with Crippen molar-refractivity contribution in [3.05, 3.63) is 145 Å². The van der Waals surface area contributed by atoms with Crippen molar-refractivity contribution in [3.63, 3.8) is 0 Å². The molecule has 0 saturated heterocycles. The molecule has 0 fully saturated rings. The summed E-state index contributed by atoms with van der Waals surface area (Å²) in [5.74, 6) is 0.104. The Balaban J connectivity index is 0.000000218. The number of benzene rings is 6. The predicted octanol–water partition coefficient (Wildman–Crippen LogP) is 11.9. The van der Waals surface area contributed by atoms with E-state index < -0.39 is 5.41 Å². The molecule has 0 atom stereocenters. The zero-order valence-electron chi connectivity index (χ0n) is 34.0. The molecule has 0 spiro atoms. The van der Waals surface area contributed by atoms with E-state index in [0.29, 0.717) is 0 Å². The predicted molar refractivity (Wildman–Crippen MR) is 228 cm³/mol. The average Bonchev–Trinajstić information content (AvgIpc) is 3.84. The molecule has 2 heterocycles. The van der Waals surface area contributed by atoms with Crippen molar-refractivity contribution in [1.29, 1.82) is 0 Å². The normalized spacial score (nSPS) is 11.1. The number of carbonyl (C=O) groups is 1. The Kier molecular flexibility index (Phi) is 16.4. The molecule has 0 aliphatic rings. The molecular weight excluding hydrogens is 873 g/mol. The summed E-state index contributed by atoms with van der Waals surface area (Å²) in [5.41, 5.74) is 4.57. The van der Waals surface area contributed by atoms with Gasteiger partial charge in [0.2, 0.25) is 0 Å². The Morgan fingerprint density at radius 3 is 1.18 bits per heavy atom. The molecule has 0 amide bonds. The molecule has 9 heteroatoms. The third-order valence-electron chi connectivity index (χ3n) is 8.15. The van der Waals surface area contributed by atoms with Crippen LogP contribution in [0.15, 0.2) is 133 Å². The molecule has 8 aromatic rings. The fourth-order valence-electron chi connectivity index (χ4n) is 5.10. The third-order valence-corrected chi connectivity index (χ3v) is 8.15. The first-order chi connectivity index (χ1) is 26.4. The fourth-order valence-corrected chi connectivity index (χ4v) is 5.10. The van der Waals surface area contributed by atoms with E-state index in [2.05, 4.69) is 56.8 Å². The van der Waals surface area contributed by atoms with E-state index in [1.807, 2.05) is 166 Å². The number of allylic oxidation sites excluding steroid dienone is 2. The smallest absolute Gasteiger partial charge is 0.164 e. The molecule has 0 unspecified atom stereocenters. The summed E-state index contributed by atoms with van der Waals surface area (Å²) in [6.07, 6.45) is 1.33. The number of hydrogen-bond donors (Lipinski definition) is 1. The maximum Gasteiger partial charge on any atom is 0.164 e. The fraction of sp³-hybridized carbons (Fsp3) is 0.255. The minimum absolute atomic E-state index is 0. The van der Waals surface area contributed by atoms with E-state index in [0.717, 1.165) is 55.0 Å². The second kappa shape index (κ2) is 20.4. The van der Waals surface area contributed by atoms with Gasteiger partial charge in [-0.15, -0.1) is 33.7 Å². The number of rotatable bonds is 3. The number of hydrogen-bond acceptors (Lipinski definition) is 6. The average molecular weight is 925 g/mol. The van der Waals surface area contributed by atoms with Gasteiger partial charge >= 0.3 is 0 Å². The van der Waals surface area contributed by atoms with Gasteiger partial charge in [0.1, 0.15) is 27.8 Å². The standard InChI is InChI=1S/2C16H10N3.C11H20O2.2C2H6.Ir/c2*1-2-8-13-12(6-1)7-5-11-16(13)19-17-14-9-3-4-10-15(14)18-19;1-10(2,3)8(12)7-9(13)11(4,5)6;2*1-2;/h2*1-10H;7,12H,1-6H3;2*1-2H3;/q2*-1;;;;. The molecule has 0 aliphatic heterocycles. The summed E-state index contributed by atoms with van der Waals surface area (Å²) in [7, 11) is 0. The second-order valence-corrected chi connectivity index (χ2v) is 14.2. The van der Waals surface area contributed by atoms with Crippen molar-refractivity contribution < 1.29 is 30.0 Å². The van der Waals surface area contributed by atoms with Gasteiger partial charge in [0.25, 0.3) is 0 Å². The van der Waals surface area contributed by atoms with Crippen molar-refractivity contribution in [2.75, 3.05) is 0 Å². The molecule has 2 aromatic heterocycles. The first kappa shape index (κ1) is 44.9. The SMILES string of the molecule is CC.CC.CC(C)(C)C(=O)C=C(O)C(C)(C)C.[Ir].[c-]1ccc2ccccc2c1-n1nc2ccccc2n1.[c-]1ccc2ccccc2c1-n1nc2ccccc2n1. The van der Waals surface area contributed by atoms with E-state index in [-0.39, 0.29) is 37.1 Å². The molecule has 56 heavy (non-hydrogen) atoms. The summed E-state index contributed by atoms with van der Waals surface area (Å²) in [6, 6.07) is 46.4. The molecule has 1 N–H and O–H groups in total. The van der Waals surface area contributed by atoms with Crippen LogP contribution in [-0.4, -0.2) is 40.9 Å². The molecular formula is C47H52IrN6O2-2. The van der Waals surface area contributed by atoms with Gasteiger partial charge in [0.15, 0.2) is 5.78 Å². The molecule has 8 rings (SSSR count). The minimum atomic E-state index is -0.417. The summed E-state index contributed by atoms with van der Waals surface area (Å²) in [5, 5.41) is 32.1. The van der Waals surface area contributed by atoms with Crippen molar-refractivity contribution in [2.24, 2.45) is 10.8 Å². The van der Waals surface area contributed by atoms with Crippen LogP contribution in [-0.2, 0) is 24.9 Å². The Labute approximate surface area is 344 Å². The number of fused-ring (bicyclic) bond motifs is 4. The van der Waals surface area contributed by atoms with Gasteiger partial charge in [-0.1, -0.05) is 130 Å². The van der Waals surface area contributed by atoms with Crippen molar-refractivity contribution in [3.8, 4) is 11.4 Å². The van der Waals surface area contributed by atoms with Crippen LogP contribution in [0, 0.1) is 23.0 Å². The number of ketones is 1. The maximum absolute atomic E-state index is 11.5. The number of aromatic nitrogens is 6. The zero-order chi connectivity index (χ0) is 40.2. The van der Waals surface area contributed by atoms with Gasteiger partial charge in [-0.25, -0.2) is 0 Å². The van der Waals surface area contributed by atoms with E-state index >= 15 is 0 Å². The van der Waals surface area contributed by atoms with Crippen LogP contribution in [0.25, 0.3) is 55.0 Å². The van der Waals surface area contributed by atoms with Gasteiger partial charge < -0.3 is 5.11 Å². The van der Waals surface area contributed by atoms with Gasteiger partial charge in [-0.2, -0.15) is 66.4 Å². The van der Waals surface area contributed by atoms with Gasteiger partial charge in [0, 0.05) is 37.0 Å². The van der Waals surface area contributed by atoms with Crippen LogP contribution in [0.4, 0.5) is 0 Å². The van der Waals surface area contributed by atoms with Crippen LogP contribution in [0.2, 0.25) is 0 Å². The first-order valence-corrected chi connectivity index (χ1v) is 18.8. The van der Waals surface area contributed by atoms with Crippen molar-refractivity contribution >= 4 is 49.4 Å². The zero-order valence-corrected chi connectivity index (χ0v) is 36.4. The molecule has 0 saturated carbocycles. The quantitative estimate of drug-likeness (QED) is 0.108. The molecule has 1 radical (unpaired) electrons. The number of carbonyl (C=O) groups excluding carboxylic acids is 1. The third kappa shape index (κ3) is 11.3. The van der Waals surface area contributed by atoms with Crippen LogP contribution in [0.3, 0.4) is 0 Å². The van der Waals surface area contributed by atoms with Gasteiger partial charge in [-0.3, -0.25) is 4.79 Å². The van der Waals surface area contributed by atoms with Crippen LogP contribution in [0.1, 0.15) is 69.2 Å². The molecule has 0 bridgehead atoms. The monoisotopic (exact) mass is 925 g/mol. The Morgan fingerprint density at radius 1 is 0.536 bits per heavy atom. The van der Waals surface area contributed by atoms with E-state index in [1.54, 1.807) is 9.59 Å². The van der Waals surface area contributed by atoms with Crippen molar-refractivity contribution in [2.45, 2.75) is 69.2 Å². The largest absolute Gasteiger partial charge is 0.512 e. The number of aliphatic hydroxyl groups is 1. The second-order valence-electron chi connectivity index (χ2n) is 14.2. The molecule has 8 nitrogen and oxygen atoms in total. The maximum atomic E-state index is 11.5. The van der Waals surface area contributed by atoms with E-state index in [1.165, 1.54) is 6.08 Å². The summed E-state index contributed by atoms with van der Waals surface area (Å²) < 4.78 is 0. The first-order valence-electron chi connectivity index (χ1n) is 18.8. The van der Waals surface area contributed by atoms with Crippen LogP contribution < -0.4 is 0 Å². The van der Waals surface area contributed by atoms with Crippen LogP contribution >= 0.6 is 0 Å². The van der Waals surface area contributed by atoms with Crippen LogP contribution in [0.5, 0.6) is 0 Å². The molecule has 6 aromatic carbocycles. The van der Waals surface area contributed by atoms with E-state index in [4.69, 9.17) is 0 Å².